The molecule has 7 nitrogen and oxygen atoms in total. The van der Waals surface area contributed by atoms with Gasteiger partial charge in [-0.2, -0.15) is 0 Å². The van der Waals surface area contributed by atoms with Crippen molar-refractivity contribution in [3.63, 3.8) is 0 Å². The van der Waals surface area contributed by atoms with Crippen LogP contribution in [-0.4, -0.2) is 24.5 Å². The Morgan fingerprint density at radius 2 is 1.76 bits per heavy atom. The third kappa shape index (κ3) is 4.94. The minimum atomic E-state index is -0.856. The first-order chi connectivity index (χ1) is 13.9. The maximum Gasteiger partial charge on any atom is 0.328 e. The van der Waals surface area contributed by atoms with Crippen molar-refractivity contribution in [3.8, 4) is 11.5 Å². The van der Waals surface area contributed by atoms with Crippen molar-refractivity contribution in [2.75, 3.05) is 6.61 Å². The number of urea groups is 1. The van der Waals surface area contributed by atoms with Crippen molar-refractivity contribution in [3.05, 3.63) is 63.7 Å². The van der Waals surface area contributed by atoms with Crippen molar-refractivity contribution in [2.24, 2.45) is 0 Å². The molecule has 0 spiro atoms. The van der Waals surface area contributed by atoms with Crippen LogP contribution in [0.15, 0.2) is 42.0 Å². The van der Waals surface area contributed by atoms with Crippen LogP contribution in [0.1, 0.15) is 23.6 Å². The molecule has 3 rings (SSSR count). The number of carbonyl (C=O) groups excluding carboxylic acids is 3. The van der Waals surface area contributed by atoms with Gasteiger partial charge in [0.15, 0.2) is 11.5 Å². The Labute approximate surface area is 172 Å². The first-order valence-electron chi connectivity index (χ1n) is 8.90. The Bertz CT molecular complexity index is 994. The number of amides is 4. The fraction of sp³-hybridized carbons (Fsp3) is 0.190. The Kier molecular flexibility index (Phi) is 6.19. The second-order valence-corrected chi connectivity index (χ2v) is 6.74. The van der Waals surface area contributed by atoms with Gasteiger partial charge in [0.1, 0.15) is 12.2 Å². The lowest BCUT2D eigenvalue weighted by atomic mass is 10.1. The number of aryl methyl sites for hydroxylation is 1. The van der Waals surface area contributed by atoms with Gasteiger partial charge in [-0.3, -0.25) is 20.2 Å². The number of rotatable bonds is 6. The van der Waals surface area contributed by atoms with E-state index in [0.29, 0.717) is 30.3 Å². The van der Waals surface area contributed by atoms with Crippen LogP contribution in [0, 0.1) is 6.92 Å². The molecule has 29 heavy (non-hydrogen) atoms. The fourth-order valence-electron chi connectivity index (χ4n) is 2.80. The first kappa shape index (κ1) is 20.4. The molecule has 1 fully saturated rings. The molecule has 4 amide bonds. The van der Waals surface area contributed by atoms with Crippen molar-refractivity contribution in [1.82, 2.24) is 10.6 Å². The van der Waals surface area contributed by atoms with Gasteiger partial charge < -0.3 is 9.47 Å². The van der Waals surface area contributed by atoms with Crippen LogP contribution in [0.4, 0.5) is 4.79 Å². The molecule has 0 bridgehead atoms. The predicted molar refractivity (Wildman–Crippen MR) is 108 cm³/mol. The van der Waals surface area contributed by atoms with E-state index in [1.54, 1.807) is 12.1 Å². The summed E-state index contributed by atoms with van der Waals surface area (Å²) in [4.78, 5) is 35.0. The lowest BCUT2D eigenvalue weighted by molar-refractivity contribution is -0.123. The average molecular weight is 415 g/mol. The number of barbiturate groups is 1. The van der Waals surface area contributed by atoms with Crippen LogP contribution in [0.5, 0.6) is 11.5 Å². The summed E-state index contributed by atoms with van der Waals surface area (Å²) in [7, 11) is 0. The highest BCUT2D eigenvalue weighted by Crippen LogP contribution is 2.38. The second kappa shape index (κ2) is 8.79. The smallest absolute Gasteiger partial charge is 0.328 e. The number of hydrogen-bond donors (Lipinski definition) is 2. The molecule has 1 aliphatic heterocycles. The molecule has 2 aromatic rings. The Hall–Kier alpha value is -3.32. The number of carbonyl (C=O) groups is 3. The number of imide groups is 2. The van der Waals surface area contributed by atoms with Crippen LogP contribution in [0.25, 0.3) is 6.08 Å². The van der Waals surface area contributed by atoms with E-state index in [1.807, 2.05) is 48.7 Å². The Morgan fingerprint density at radius 1 is 1.03 bits per heavy atom. The summed E-state index contributed by atoms with van der Waals surface area (Å²) in [6.45, 7) is 4.48. The molecule has 1 heterocycles. The average Bonchev–Trinajstić information content (AvgIpc) is 2.64. The molecule has 0 radical (unpaired) electrons. The summed E-state index contributed by atoms with van der Waals surface area (Å²) in [5.74, 6) is -0.822. The SMILES string of the molecule is CCOc1cc(C=C2C(=O)NC(=O)NC2=O)cc(Cl)c1OCc1cccc(C)c1. The molecular formula is C21H19ClN2O5. The zero-order chi connectivity index (χ0) is 21.0. The third-order valence-electron chi connectivity index (χ3n) is 4.05. The summed E-state index contributed by atoms with van der Waals surface area (Å²) in [5, 5.41) is 4.31. The molecule has 2 aromatic carbocycles. The summed E-state index contributed by atoms with van der Waals surface area (Å²) in [6.07, 6.45) is 1.33. The molecule has 0 atom stereocenters. The van der Waals surface area contributed by atoms with Crippen molar-refractivity contribution in [1.29, 1.82) is 0 Å². The van der Waals surface area contributed by atoms with E-state index in [-0.39, 0.29) is 10.6 Å². The fourth-order valence-corrected chi connectivity index (χ4v) is 3.08. The van der Waals surface area contributed by atoms with Gasteiger partial charge >= 0.3 is 6.03 Å². The second-order valence-electron chi connectivity index (χ2n) is 6.34. The summed E-state index contributed by atoms with van der Waals surface area (Å²) in [6, 6.07) is 10.2. The number of benzene rings is 2. The number of halogens is 1. The van der Waals surface area contributed by atoms with Crippen molar-refractivity contribution in [2.45, 2.75) is 20.5 Å². The van der Waals surface area contributed by atoms with Gasteiger partial charge in [0.25, 0.3) is 11.8 Å². The number of ether oxygens (including phenoxy) is 2. The molecule has 0 aromatic heterocycles. The van der Waals surface area contributed by atoms with E-state index in [1.165, 1.54) is 6.08 Å². The van der Waals surface area contributed by atoms with Crippen LogP contribution in [0.3, 0.4) is 0 Å². The maximum atomic E-state index is 11.9. The summed E-state index contributed by atoms with van der Waals surface area (Å²) < 4.78 is 11.5. The van der Waals surface area contributed by atoms with E-state index < -0.39 is 17.8 Å². The minimum Gasteiger partial charge on any atom is -0.490 e. The third-order valence-corrected chi connectivity index (χ3v) is 4.33. The topological polar surface area (TPSA) is 93.7 Å². The van der Waals surface area contributed by atoms with Gasteiger partial charge in [-0.1, -0.05) is 41.4 Å². The van der Waals surface area contributed by atoms with Crippen molar-refractivity contribution < 1.29 is 23.9 Å². The van der Waals surface area contributed by atoms with E-state index in [9.17, 15) is 14.4 Å². The van der Waals surface area contributed by atoms with Crippen molar-refractivity contribution >= 4 is 35.5 Å². The van der Waals surface area contributed by atoms with Gasteiger partial charge in [-0.15, -0.1) is 0 Å². The standard InChI is InChI=1S/C21H19ClN2O5/c1-3-28-17-10-14(8-15-19(25)23-21(27)24-20(15)26)9-16(22)18(17)29-11-13-6-4-5-12(2)7-13/h4-10H,3,11H2,1-2H3,(H2,23,24,25,26,27). The molecular weight excluding hydrogens is 396 g/mol. The summed E-state index contributed by atoms with van der Waals surface area (Å²) in [5.41, 5.74) is 2.34. The maximum absolute atomic E-state index is 11.9. The molecule has 0 aliphatic carbocycles. The molecule has 1 aliphatic rings. The van der Waals surface area contributed by atoms with E-state index >= 15 is 0 Å². The van der Waals surface area contributed by atoms with Crippen LogP contribution < -0.4 is 20.1 Å². The lowest BCUT2D eigenvalue weighted by Gasteiger charge is -2.16. The first-order valence-corrected chi connectivity index (χ1v) is 9.28. The van der Waals surface area contributed by atoms with Crippen LogP contribution >= 0.6 is 11.6 Å². The van der Waals surface area contributed by atoms with Crippen LogP contribution in [0.2, 0.25) is 5.02 Å². The molecule has 0 saturated carbocycles. The highest BCUT2D eigenvalue weighted by molar-refractivity contribution is 6.33. The quantitative estimate of drug-likeness (QED) is 0.558. The lowest BCUT2D eigenvalue weighted by Crippen LogP contribution is -2.51. The molecule has 8 heteroatoms. The Balaban J connectivity index is 1.90. The van der Waals surface area contributed by atoms with Gasteiger partial charge in [0.2, 0.25) is 0 Å². The largest absolute Gasteiger partial charge is 0.490 e. The van der Waals surface area contributed by atoms with E-state index in [2.05, 4.69) is 0 Å². The normalized spacial score (nSPS) is 13.6. The number of hydrogen-bond acceptors (Lipinski definition) is 5. The Morgan fingerprint density at radius 3 is 2.41 bits per heavy atom. The molecule has 0 unspecified atom stereocenters. The van der Waals surface area contributed by atoms with E-state index in [4.69, 9.17) is 21.1 Å². The molecule has 1 saturated heterocycles. The monoisotopic (exact) mass is 414 g/mol. The predicted octanol–water partition coefficient (Wildman–Crippen LogP) is 3.38. The highest BCUT2D eigenvalue weighted by Gasteiger charge is 2.28. The zero-order valence-electron chi connectivity index (χ0n) is 15.9. The van der Waals surface area contributed by atoms with Gasteiger partial charge in [-0.25, -0.2) is 4.79 Å². The van der Waals surface area contributed by atoms with Gasteiger partial charge in [-0.05, 0) is 43.2 Å². The van der Waals surface area contributed by atoms with E-state index in [0.717, 1.165) is 11.1 Å². The summed E-state index contributed by atoms with van der Waals surface area (Å²) >= 11 is 6.39. The van der Waals surface area contributed by atoms with Gasteiger partial charge in [0, 0.05) is 0 Å². The molecule has 150 valence electrons. The highest BCUT2D eigenvalue weighted by atomic mass is 35.5. The van der Waals surface area contributed by atoms with Gasteiger partial charge in [0.05, 0.1) is 11.6 Å². The zero-order valence-corrected chi connectivity index (χ0v) is 16.6. The number of nitrogens with one attached hydrogen (secondary N) is 2. The minimum absolute atomic E-state index is 0.212. The van der Waals surface area contributed by atoms with Crippen LogP contribution in [-0.2, 0) is 16.2 Å². The molecule has 2 N–H and O–H groups in total.